The molecule has 18 nitrogen and oxygen atoms in total. The highest BCUT2D eigenvalue weighted by molar-refractivity contribution is 5.89. The van der Waals surface area contributed by atoms with Crippen LogP contribution in [0.25, 0.3) is 0 Å². The van der Waals surface area contributed by atoms with Gasteiger partial charge in [-0.25, -0.2) is 4.79 Å². The Labute approximate surface area is 307 Å². The zero-order valence-corrected chi connectivity index (χ0v) is 29.8. The first kappa shape index (κ1) is 43.3. The molecule has 3 aliphatic heterocycles. The molecule has 1 aromatic carbocycles. The van der Waals surface area contributed by atoms with Crippen LogP contribution in [0.15, 0.2) is 30.3 Å². The second kappa shape index (κ2) is 21.1. The lowest BCUT2D eigenvalue weighted by atomic mass is 9.96. The Bertz CT molecular complexity index is 1240. The first-order valence-electron chi connectivity index (χ1n) is 18.0. The highest BCUT2D eigenvalue weighted by atomic mass is 16.8. The third kappa shape index (κ3) is 11.3. The van der Waals surface area contributed by atoms with E-state index in [0.29, 0.717) is 6.42 Å². The van der Waals surface area contributed by atoms with Crippen LogP contribution in [-0.4, -0.2) is 171 Å². The van der Waals surface area contributed by atoms with E-state index in [1.165, 1.54) is 12.1 Å². The maximum atomic E-state index is 13.5. The lowest BCUT2D eigenvalue weighted by molar-refractivity contribution is -0.365. The Kier molecular flexibility index (Phi) is 17.2. The minimum absolute atomic E-state index is 0.113. The first-order chi connectivity index (χ1) is 25.4. The summed E-state index contributed by atoms with van der Waals surface area (Å²) in [6.07, 6.45) is -18.8. The van der Waals surface area contributed by atoms with E-state index in [2.05, 4.69) is 6.92 Å². The van der Waals surface area contributed by atoms with Crippen LogP contribution >= 0.6 is 0 Å². The molecule has 0 aliphatic carbocycles. The van der Waals surface area contributed by atoms with Gasteiger partial charge in [-0.05, 0) is 18.6 Å². The Hall–Kier alpha value is -2.40. The number of unbranched alkanes of at least 4 members (excludes halogenated alkanes) is 5. The SMILES string of the molecule is CCCCCCCCO[C@@H]1O[C@H](CO[C@H]2O[C@H](CO)[C@@H](O)[C@H](O)[C@@H]2O)[C@@H](OC(C)=O)[C@H](O[C@H]2O[C@H](CO)[C@@H](O)[C@H](O)[C@@H]2O)[C@@H]1OC(=O)c1ccccc1. The molecule has 0 radical (unpaired) electrons. The Morgan fingerprint density at radius 2 is 1.19 bits per heavy atom. The number of rotatable bonds is 18. The van der Waals surface area contributed by atoms with Gasteiger partial charge in [0.1, 0.15) is 61.0 Å². The van der Waals surface area contributed by atoms with E-state index in [4.69, 9.17) is 37.9 Å². The molecule has 3 heterocycles. The molecule has 3 saturated heterocycles. The largest absolute Gasteiger partial charge is 0.457 e. The van der Waals surface area contributed by atoms with Crippen molar-refractivity contribution < 1.29 is 88.3 Å². The predicted molar refractivity (Wildman–Crippen MR) is 178 cm³/mol. The van der Waals surface area contributed by atoms with Crippen LogP contribution in [0.1, 0.15) is 62.7 Å². The number of ether oxygens (including phenoxy) is 8. The molecule has 0 spiro atoms. The number of carbonyl (C=O) groups is 2. The van der Waals surface area contributed by atoms with E-state index in [1.807, 2.05) is 0 Å². The van der Waals surface area contributed by atoms with E-state index in [-0.39, 0.29) is 12.2 Å². The molecule has 53 heavy (non-hydrogen) atoms. The van der Waals surface area contributed by atoms with Gasteiger partial charge < -0.3 is 78.7 Å². The minimum atomic E-state index is -1.91. The zero-order chi connectivity index (χ0) is 38.7. The van der Waals surface area contributed by atoms with E-state index in [1.54, 1.807) is 18.2 Å². The van der Waals surface area contributed by atoms with Crippen molar-refractivity contribution in [1.82, 2.24) is 0 Å². The van der Waals surface area contributed by atoms with Gasteiger partial charge in [-0.3, -0.25) is 4.79 Å². The molecule has 4 rings (SSSR count). The second-order valence-corrected chi connectivity index (χ2v) is 13.3. The molecule has 302 valence electrons. The summed E-state index contributed by atoms with van der Waals surface area (Å²) in [7, 11) is 0. The third-order valence-electron chi connectivity index (χ3n) is 9.34. The molecule has 1 aromatic rings. The summed E-state index contributed by atoms with van der Waals surface area (Å²) in [5.41, 5.74) is 0.130. The normalized spacial score (nSPS) is 37.6. The van der Waals surface area contributed by atoms with Gasteiger partial charge in [-0.1, -0.05) is 57.2 Å². The topological polar surface area (TPSA) is 270 Å². The minimum Gasteiger partial charge on any atom is -0.457 e. The summed E-state index contributed by atoms with van der Waals surface area (Å²) in [6.45, 7) is 1.21. The molecule has 18 heteroatoms. The highest BCUT2D eigenvalue weighted by Gasteiger charge is 2.55. The number of hydrogen-bond acceptors (Lipinski definition) is 18. The van der Waals surface area contributed by atoms with Gasteiger partial charge in [0, 0.05) is 13.5 Å². The lowest BCUT2D eigenvalue weighted by Gasteiger charge is -2.48. The quantitative estimate of drug-likeness (QED) is 0.0608. The highest BCUT2D eigenvalue weighted by Crippen LogP contribution is 2.34. The number of benzene rings is 1. The van der Waals surface area contributed by atoms with Crippen molar-refractivity contribution in [2.24, 2.45) is 0 Å². The van der Waals surface area contributed by atoms with Crippen molar-refractivity contribution >= 4 is 11.9 Å². The Morgan fingerprint density at radius 3 is 1.79 bits per heavy atom. The summed E-state index contributed by atoms with van der Waals surface area (Å²) in [4.78, 5) is 26.1. The average molecular weight is 763 g/mol. The summed E-state index contributed by atoms with van der Waals surface area (Å²) < 4.78 is 46.9. The van der Waals surface area contributed by atoms with Crippen LogP contribution in [-0.2, 0) is 42.7 Å². The molecule has 15 atom stereocenters. The van der Waals surface area contributed by atoms with Gasteiger partial charge in [0.25, 0.3) is 0 Å². The molecule has 3 fully saturated rings. The van der Waals surface area contributed by atoms with Gasteiger partial charge >= 0.3 is 11.9 Å². The second-order valence-electron chi connectivity index (χ2n) is 13.3. The van der Waals surface area contributed by atoms with Crippen LogP contribution in [0.4, 0.5) is 0 Å². The summed E-state index contributed by atoms with van der Waals surface area (Å²) >= 11 is 0. The maximum Gasteiger partial charge on any atom is 0.338 e. The van der Waals surface area contributed by atoms with E-state index in [9.17, 15) is 50.4 Å². The summed E-state index contributed by atoms with van der Waals surface area (Å²) in [5.74, 6) is -1.72. The van der Waals surface area contributed by atoms with Crippen molar-refractivity contribution in [2.75, 3.05) is 26.4 Å². The van der Waals surface area contributed by atoms with Gasteiger partial charge in [0.15, 0.2) is 31.1 Å². The number of esters is 2. The fourth-order valence-electron chi connectivity index (χ4n) is 6.34. The van der Waals surface area contributed by atoms with Crippen LogP contribution in [0.3, 0.4) is 0 Å². The average Bonchev–Trinajstić information content (AvgIpc) is 3.15. The van der Waals surface area contributed by atoms with Crippen LogP contribution in [0.2, 0.25) is 0 Å². The Balaban J connectivity index is 1.68. The van der Waals surface area contributed by atoms with Crippen molar-refractivity contribution in [3.05, 3.63) is 35.9 Å². The third-order valence-corrected chi connectivity index (χ3v) is 9.34. The maximum absolute atomic E-state index is 13.5. The molecule has 8 N–H and O–H groups in total. The first-order valence-corrected chi connectivity index (χ1v) is 18.0. The molecule has 0 unspecified atom stereocenters. The van der Waals surface area contributed by atoms with Crippen molar-refractivity contribution in [2.45, 2.75) is 144 Å². The molecule has 0 aromatic heterocycles. The summed E-state index contributed by atoms with van der Waals surface area (Å²) in [5, 5.41) is 82.3. The molecule has 0 amide bonds. The number of hydrogen-bond donors (Lipinski definition) is 8. The van der Waals surface area contributed by atoms with Gasteiger partial charge in [0.2, 0.25) is 0 Å². The van der Waals surface area contributed by atoms with E-state index < -0.39 is 124 Å². The summed E-state index contributed by atoms with van der Waals surface area (Å²) in [6, 6.07) is 7.89. The van der Waals surface area contributed by atoms with Crippen molar-refractivity contribution in [1.29, 1.82) is 0 Å². The standard InChI is InChI=1S/C35H54O18/c1-3-4-5-6-7-11-14-46-35-31(52-32(45)19-12-9-8-10-13-19)30(53-34-28(44)26(42)24(40)21(16-37)50-34)29(48-18(2)38)22(51-35)17-47-33-27(43)25(41)23(39)20(15-36)49-33/h8-10,12-13,20-31,33-37,39-44H,3-7,11,14-17H2,1-2H3/t20-,21-,22-,23-,24-,25+,26+,27+,28+,29-,30+,31+,33+,34-,35-/m1/s1. The van der Waals surface area contributed by atoms with E-state index in [0.717, 1.165) is 39.0 Å². The fraction of sp³-hybridized carbons (Fsp3) is 0.771. The predicted octanol–water partition coefficient (Wildman–Crippen LogP) is -1.75. The van der Waals surface area contributed by atoms with Gasteiger partial charge in [-0.15, -0.1) is 0 Å². The molecule has 3 aliphatic rings. The van der Waals surface area contributed by atoms with Crippen molar-refractivity contribution in [3.63, 3.8) is 0 Å². The van der Waals surface area contributed by atoms with Crippen LogP contribution < -0.4 is 0 Å². The molecular weight excluding hydrogens is 708 g/mol. The zero-order valence-electron chi connectivity index (χ0n) is 29.8. The number of aliphatic hydroxyl groups excluding tert-OH is 8. The van der Waals surface area contributed by atoms with Crippen LogP contribution in [0.5, 0.6) is 0 Å². The smallest absolute Gasteiger partial charge is 0.338 e. The van der Waals surface area contributed by atoms with Gasteiger partial charge in [0.05, 0.1) is 25.4 Å². The van der Waals surface area contributed by atoms with Crippen LogP contribution in [0, 0.1) is 0 Å². The van der Waals surface area contributed by atoms with Gasteiger partial charge in [-0.2, -0.15) is 0 Å². The Morgan fingerprint density at radius 1 is 0.623 bits per heavy atom. The number of carbonyl (C=O) groups excluding carboxylic acids is 2. The fourth-order valence-corrected chi connectivity index (χ4v) is 6.34. The lowest BCUT2D eigenvalue weighted by Crippen LogP contribution is -2.66. The van der Waals surface area contributed by atoms with Crippen molar-refractivity contribution in [3.8, 4) is 0 Å². The number of aliphatic hydroxyl groups is 8. The molecular formula is C35H54O18. The monoisotopic (exact) mass is 762 g/mol. The molecule has 0 saturated carbocycles. The van der Waals surface area contributed by atoms with E-state index >= 15 is 0 Å². The molecule has 0 bridgehead atoms.